The third-order valence-corrected chi connectivity index (χ3v) is 5.72. The number of carbonyl (C=O) groups excluding carboxylic acids is 1. The fourth-order valence-electron chi connectivity index (χ4n) is 2.60. The summed E-state index contributed by atoms with van der Waals surface area (Å²) >= 11 is 3.36. The van der Waals surface area contributed by atoms with Crippen LogP contribution in [0.3, 0.4) is 0 Å². The molecular weight excluding hydrogens is 462 g/mol. The molecule has 1 N–H and O–H groups in total. The second kappa shape index (κ2) is 9.75. The van der Waals surface area contributed by atoms with Gasteiger partial charge in [0.15, 0.2) is 0 Å². The Morgan fingerprint density at radius 3 is 2.38 bits per heavy atom. The second-order valence-electron chi connectivity index (χ2n) is 6.05. The van der Waals surface area contributed by atoms with Gasteiger partial charge in [0.25, 0.3) is 5.91 Å². The van der Waals surface area contributed by atoms with Crippen molar-refractivity contribution in [1.82, 2.24) is 5.43 Å². The number of rotatable bonds is 8. The highest BCUT2D eigenvalue weighted by Gasteiger charge is 2.29. The van der Waals surface area contributed by atoms with Crippen LogP contribution in [-0.4, -0.2) is 47.1 Å². The zero-order valence-corrected chi connectivity index (χ0v) is 18.8. The van der Waals surface area contributed by atoms with Crippen LogP contribution < -0.4 is 19.2 Å². The molecule has 2 aromatic carbocycles. The molecule has 0 unspecified atom stereocenters. The Hall–Kier alpha value is -2.59. The van der Waals surface area contributed by atoms with Crippen LogP contribution in [0.1, 0.15) is 12.5 Å². The average Bonchev–Trinajstić information content (AvgIpc) is 2.67. The van der Waals surface area contributed by atoms with E-state index < -0.39 is 22.0 Å². The number of nitrogens with one attached hydrogen (secondary N) is 1. The lowest BCUT2D eigenvalue weighted by Crippen LogP contribution is -2.46. The summed E-state index contributed by atoms with van der Waals surface area (Å²) in [5.41, 5.74) is 3.36. The first kappa shape index (κ1) is 22.7. The van der Waals surface area contributed by atoms with E-state index in [0.717, 1.165) is 15.0 Å². The lowest BCUT2D eigenvalue weighted by Gasteiger charge is -2.27. The molecule has 0 saturated heterocycles. The Bertz CT molecular complexity index is 993. The van der Waals surface area contributed by atoms with Crippen LogP contribution in [-0.2, 0) is 14.8 Å². The number of hydrogen-bond donors (Lipinski definition) is 1. The Balaban J connectivity index is 2.20. The highest BCUT2D eigenvalue weighted by atomic mass is 79.9. The van der Waals surface area contributed by atoms with Crippen LogP contribution >= 0.6 is 15.9 Å². The molecule has 2 aromatic rings. The number of amides is 1. The summed E-state index contributed by atoms with van der Waals surface area (Å²) in [6.07, 6.45) is 2.46. The van der Waals surface area contributed by atoms with Gasteiger partial charge in [-0.3, -0.25) is 9.10 Å². The predicted molar refractivity (Wildman–Crippen MR) is 116 cm³/mol. The molecule has 1 amide bonds. The van der Waals surface area contributed by atoms with E-state index >= 15 is 0 Å². The van der Waals surface area contributed by atoms with Crippen molar-refractivity contribution in [3.05, 3.63) is 52.5 Å². The molecule has 156 valence electrons. The number of methoxy groups -OCH3 is 2. The van der Waals surface area contributed by atoms with E-state index in [0.29, 0.717) is 22.7 Å². The number of benzene rings is 2. The molecular formula is C19H22BrN3O5S. The van der Waals surface area contributed by atoms with Crippen molar-refractivity contribution in [3.63, 3.8) is 0 Å². The van der Waals surface area contributed by atoms with Gasteiger partial charge >= 0.3 is 0 Å². The maximum atomic E-state index is 12.5. The summed E-state index contributed by atoms with van der Waals surface area (Å²) < 4.78 is 36.8. The normalized spacial score (nSPS) is 12.4. The van der Waals surface area contributed by atoms with Gasteiger partial charge < -0.3 is 9.47 Å². The quantitative estimate of drug-likeness (QED) is 0.459. The highest BCUT2D eigenvalue weighted by molar-refractivity contribution is 9.10. The third kappa shape index (κ3) is 5.94. The van der Waals surface area contributed by atoms with Crippen LogP contribution in [0.15, 0.2) is 52.0 Å². The minimum absolute atomic E-state index is 0.341. The summed E-state index contributed by atoms with van der Waals surface area (Å²) in [7, 11) is -0.682. The number of nitrogens with zero attached hydrogens (tertiary/aromatic N) is 2. The van der Waals surface area contributed by atoms with E-state index in [4.69, 9.17) is 9.47 Å². The molecule has 2 rings (SSSR count). The van der Waals surface area contributed by atoms with Gasteiger partial charge in [0.2, 0.25) is 10.0 Å². The Labute approximate surface area is 178 Å². The van der Waals surface area contributed by atoms with Gasteiger partial charge in [0.1, 0.15) is 17.5 Å². The van der Waals surface area contributed by atoms with Crippen molar-refractivity contribution in [2.75, 3.05) is 24.8 Å². The van der Waals surface area contributed by atoms with Gasteiger partial charge in [-0.25, -0.2) is 13.8 Å². The van der Waals surface area contributed by atoms with Crippen LogP contribution in [0, 0.1) is 0 Å². The predicted octanol–water partition coefficient (Wildman–Crippen LogP) is 2.77. The molecule has 0 aliphatic heterocycles. The number of anilines is 1. The zero-order valence-electron chi connectivity index (χ0n) is 16.4. The van der Waals surface area contributed by atoms with Gasteiger partial charge in [0, 0.05) is 10.0 Å². The van der Waals surface area contributed by atoms with Crippen molar-refractivity contribution in [2.45, 2.75) is 13.0 Å². The van der Waals surface area contributed by atoms with E-state index in [-0.39, 0.29) is 0 Å². The van der Waals surface area contributed by atoms with Crippen LogP contribution in [0.25, 0.3) is 0 Å². The van der Waals surface area contributed by atoms with Gasteiger partial charge in [0.05, 0.1) is 32.4 Å². The molecule has 0 aromatic heterocycles. The Morgan fingerprint density at radius 1 is 1.17 bits per heavy atom. The van der Waals surface area contributed by atoms with Crippen molar-refractivity contribution in [1.29, 1.82) is 0 Å². The zero-order chi connectivity index (χ0) is 21.6. The van der Waals surface area contributed by atoms with Crippen LogP contribution in [0.4, 0.5) is 5.69 Å². The van der Waals surface area contributed by atoms with Crippen molar-refractivity contribution >= 4 is 43.8 Å². The number of sulfonamides is 1. The summed E-state index contributed by atoms with van der Waals surface area (Å²) in [5, 5.41) is 3.93. The Morgan fingerprint density at radius 2 is 1.83 bits per heavy atom. The van der Waals surface area contributed by atoms with E-state index in [1.165, 1.54) is 27.4 Å². The van der Waals surface area contributed by atoms with Gasteiger partial charge in [-0.2, -0.15) is 5.10 Å². The summed E-state index contributed by atoms with van der Waals surface area (Å²) in [5.74, 6) is 0.568. The minimum atomic E-state index is -3.72. The lowest BCUT2D eigenvalue weighted by atomic mass is 10.2. The van der Waals surface area contributed by atoms with Gasteiger partial charge in [-0.05, 0) is 49.4 Å². The molecule has 0 saturated carbocycles. The largest absolute Gasteiger partial charge is 0.497 e. The van der Waals surface area contributed by atoms with Crippen LogP contribution in [0.2, 0.25) is 0 Å². The molecule has 1 atom stereocenters. The molecule has 10 heteroatoms. The third-order valence-electron chi connectivity index (χ3n) is 3.99. The number of ether oxygens (including phenoxy) is 2. The van der Waals surface area contributed by atoms with E-state index in [1.807, 2.05) is 6.07 Å². The standard InChI is InChI=1S/C19H22BrN3O5S/c1-13(23(29(4,25)26)16-6-8-17(27-2)9-7-16)19(24)22-21-12-14-11-15(20)5-10-18(14)28-3/h5-13H,1-4H3,(H,22,24)/b21-12-/t13-/m0/s1. The van der Waals surface area contributed by atoms with Crippen molar-refractivity contribution < 1.29 is 22.7 Å². The maximum absolute atomic E-state index is 12.5. The topological polar surface area (TPSA) is 97.3 Å². The fourth-order valence-corrected chi connectivity index (χ4v) is 4.16. The van der Waals surface area contributed by atoms with E-state index in [2.05, 4.69) is 26.5 Å². The molecule has 0 aliphatic rings. The molecule has 0 radical (unpaired) electrons. The minimum Gasteiger partial charge on any atom is -0.497 e. The molecule has 0 aliphatic carbocycles. The van der Waals surface area contributed by atoms with Crippen molar-refractivity contribution in [3.8, 4) is 11.5 Å². The second-order valence-corrected chi connectivity index (χ2v) is 8.83. The monoisotopic (exact) mass is 483 g/mol. The Kier molecular flexibility index (Phi) is 7.63. The number of hydrazone groups is 1. The van der Waals surface area contributed by atoms with Crippen molar-refractivity contribution in [2.24, 2.45) is 5.10 Å². The van der Waals surface area contributed by atoms with Gasteiger partial charge in [-0.1, -0.05) is 15.9 Å². The number of halogens is 1. The number of carbonyl (C=O) groups is 1. The maximum Gasteiger partial charge on any atom is 0.263 e. The van der Waals surface area contributed by atoms with E-state index in [9.17, 15) is 13.2 Å². The summed E-state index contributed by atoms with van der Waals surface area (Å²) in [6.45, 7) is 1.48. The lowest BCUT2D eigenvalue weighted by molar-refractivity contribution is -0.121. The smallest absolute Gasteiger partial charge is 0.263 e. The SMILES string of the molecule is COc1ccc(N([C@@H](C)C(=O)N/N=C\c2cc(Br)ccc2OC)S(C)(=O)=O)cc1. The molecule has 8 nitrogen and oxygen atoms in total. The number of hydrogen-bond acceptors (Lipinski definition) is 6. The van der Waals surface area contributed by atoms with E-state index in [1.54, 1.807) is 36.4 Å². The molecule has 0 heterocycles. The van der Waals surface area contributed by atoms with Gasteiger partial charge in [-0.15, -0.1) is 0 Å². The molecule has 0 spiro atoms. The highest BCUT2D eigenvalue weighted by Crippen LogP contribution is 2.24. The molecule has 0 fully saturated rings. The first-order chi connectivity index (χ1) is 13.7. The fraction of sp³-hybridized carbons (Fsp3) is 0.263. The summed E-state index contributed by atoms with van der Waals surface area (Å²) in [6, 6.07) is 10.7. The first-order valence-electron chi connectivity index (χ1n) is 8.47. The first-order valence-corrected chi connectivity index (χ1v) is 11.1. The molecule has 0 bridgehead atoms. The average molecular weight is 484 g/mol. The summed E-state index contributed by atoms with van der Waals surface area (Å²) in [4.78, 5) is 12.5. The molecule has 29 heavy (non-hydrogen) atoms. The van der Waals surface area contributed by atoms with Crippen LogP contribution in [0.5, 0.6) is 11.5 Å².